The summed E-state index contributed by atoms with van der Waals surface area (Å²) in [5.74, 6) is 1.42. The zero-order chi connectivity index (χ0) is 22.2. The summed E-state index contributed by atoms with van der Waals surface area (Å²) in [5, 5.41) is 1.69. The van der Waals surface area contributed by atoms with E-state index in [2.05, 4.69) is 56.2 Å². The zero-order valence-corrected chi connectivity index (χ0v) is 19.1. The van der Waals surface area contributed by atoms with Gasteiger partial charge in [0.15, 0.2) is 0 Å². The van der Waals surface area contributed by atoms with E-state index in [1.807, 2.05) is 24.3 Å². The Morgan fingerprint density at radius 2 is 1.90 bits per heavy atom. The lowest BCUT2D eigenvalue weighted by molar-refractivity contribution is -0.118. The van der Waals surface area contributed by atoms with E-state index in [0.29, 0.717) is 13.0 Å². The van der Waals surface area contributed by atoms with Crippen molar-refractivity contribution in [2.24, 2.45) is 0 Å². The third-order valence-corrected chi connectivity index (χ3v) is 6.54. The quantitative estimate of drug-likeness (QED) is 0.753. The molecule has 2 amide bonds. The van der Waals surface area contributed by atoms with Crippen LogP contribution in [0.5, 0.6) is 11.5 Å². The Kier molecular flexibility index (Phi) is 5.88. The minimum Gasteiger partial charge on any atom is -0.490 e. The molecule has 2 aliphatic rings. The molecule has 0 aliphatic carbocycles. The molecule has 2 atom stereocenters. The molecule has 1 fully saturated rings. The third kappa shape index (κ3) is 4.98. The summed E-state index contributed by atoms with van der Waals surface area (Å²) < 4.78 is 12.1. The van der Waals surface area contributed by atoms with Crippen LogP contribution < -0.4 is 19.7 Å². The first-order chi connectivity index (χ1) is 14.7. The molecule has 1 saturated heterocycles. The van der Waals surface area contributed by atoms with E-state index in [1.165, 1.54) is 5.56 Å². The van der Waals surface area contributed by atoms with Crippen molar-refractivity contribution in [2.75, 3.05) is 25.1 Å². The molecule has 2 aliphatic heterocycles. The number of benzene rings is 2. The normalized spacial score (nSPS) is 20.8. The molecule has 0 saturated carbocycles. The number of fused-ring (bicyclic) bond motifs is 1. The van der Waals surface area contributed by atoms with Crippen LogP contribution >= 0.6 is 11.8 Å². The number of carbonyl (C=O) groups excluding carboxylic acids is 2. The van der Waals surface area contributed by atoms with E-state index in [-0.39, 0.29) is 27.9 Å². The monoisotopic (exact) mass is 440 g/mol. The van der Waals surface area contributed by atoms with E-state index >= 15 is 0 Å². The van der Waals surface area contributed by atoms with Crippen LogP contribution in [0.3, 0.4) is 0 Å². The van der Waals surface area contributed by atoms with Gasteiger partial charge in [-0.2, -0.15) is 0 Å². The van der Waals surface area contributed by atoms with Crippen LogP contribution in [0.25, 0.3) is 0 Å². The maximum atomic E-state index is 11.7. The molecular weight excluding hydrogens is 412 g/mol. The lowest BCUT2D eigenvalue weighted by atomic mass is 9.86. The maximum absolute atomic E-state index is 11.7. The highest BCUT2D eigenvalue weighted by atomic mass is 32.2. The highest BCUT2D eigenvalue weighted by Gasteiger charge is 2.31. The minimum atomic E-state index is -0.357. The molecule has 31 heavy (non-hydrogen) atoms. The summed E-state index contributed by atoms with van der Waals surface area (Å²) in [6, 6.07) is 14.0. The van der Waals surface area contributed by atoms with Crippen LogP contribution in [-0.4, -0.2) is 42.7 Å². The topological polar surface area (TPSA) is 67.9 Å². The van der Waals surface area contributed by atoms with Gasteiger partial charge in [0, 0.05) is 7.05 Å². The first-order valence-corrected chi connectivity index (χ1v) is 11.3. The van der Waals surface area contributed by atoms with Gasteiger partial charge in [0.2, 0.25) is 5.91 Å². The molecule has 2 heterocycles. The first-order valence-electron chi connectivity index (χ1n) is 10.4. The number of rotatable bonds is 5. The largest absolute Gasteiger partial charge is 0.490 e. The molecule has 0 radical (unpaired) electrons. The van der Waals surface area contributed by atoms with Crippen LogP contribution in [0.2, 0.25) is 0 Å². The number of amides is 2. The van der Waals surface area contributed by atoms with Gasteiger partial charge < -0.3 is 14.4 Å². The van der Waals surface area contributed by atoms with Crippen molar-refractivity contribution in [1.82, 2.24) is 5.32 Å². The molecule has 0 aromatic heterocycles. The number of likely N-dealkylation sites (N-methyl/N-ethyl adjacent to an activating group) is 1. The minimum absolute atomic E-state index is 0.0674. The van der Waals surface area contributed by atoms with Crippen molar-refractivity contribution in [3.8, 4) is 11.5 Å². The summed E-state index contributed by atoms with van der Waals surface area (Å²) in [6.07, 6.45) is 0.453. The average Bonchev–Trinajstić information content (AvgIpc) is 3.03. The summed E-state index contributed by atoms with van der Waals surface area (Å²) in [7, 11) is 2.08. The number of ether oxygens (including phenoxy) is 2. The predicted octanol–water partition coefficient (Wildman–Crippen LogP) is 4.15. The fourth-order valence-corrected chi connectivity index (χ4v) is 4.60. The van der Waals surface area contributed by atoms with Gasteiger partial charge in [-0.3, -0.25) is 14.9 Å². The van der Waals surface area contributed by atoms with E-state index in [1.54, 1.807) is 0 Å². The van der Waals surface area contributed by atoms with Gasteiger partial charge in [0.1, 0.15) is 24.2 Å². The molecule has 1 N–H and O–H groups in total. The van der Waals surface area contributed by atoms with Gasteiger partial charge in [-0.25, -0.2) is 0 Å². The van der Waals surface area contributed by atoms with E-state index in [9.17, 15) is 9.59 Å². The third-order valence-electron chi connectivity index (χ3n) is 5.55. The van der Waals surface area contributed by atoms with Crippen molar-refractivity contribution in [3.05, 3.63) is 53.6 Å². The molecule has 0 spiro atoms. The predicted molar refractivity (Wildman–Crippen MR) is 123 cm³/mol. The second-order valence-electron chi connectivity index (χ2n) is 9.10. The van der Waals surface area contributed by atoms with Gasteiger partial charge in [-0.05, 0) is 47.2 Å². The second kappa shape index (κ2) is 8.46. The van der Waals surface area contributed by atoms with Gasteiger partial charge in [0.25, 0.3) is 5.24 Å². The lowest BCUT2D eigenvalue weighted by Crippen LogP contribution is -2.41. The van der Waals surface area contributed by atoms with E-state index < -0.39 is 0 Å². The van der Waals surface area contributed by atoms with Crippen LogP contribution in [0.15, 0.2) is 42.5 Å². The van der Waals surface area contributed by atoms with Crippen LogP contribution in [0.1, 0.15) is 31.9 Å². The molecule has 0 bridgehead atoms. The lowest BCUT2D eigenvalue weighted by Gasteiger charge is -2.35. The van der Waals surface area contributed by atoms with Gasteiger partial charge in [-0.1, -0.05) is 50.7 Å². The number of hydrogen-bond donors (Lipinski definition) is 1. The molecular formula is C24H28N2O4S. The number of hydrogen-bond acceptors (Lipinski definition) is 6. The molecule has 4 rings (SSSR count). The Hall–Kier alpha value is -2.67. The van der Waals surface area contributed by atoms with Crippen LogP contribution in [-0.2, 0) is 16.6 Å². The Bertz CT molecular complexity index is 984. The fraction of sp³-hybridized carbons (Fsp3) is 0.417. The van der Waals surface area contributed by atoms with Crippen molar-refractivity contribution in [2.45, 2.75) is 44.0 Å². The number of nitrogens with one attached hydrogen (secondary N) is 1. The smallest absolute Gasteiger partial charge is 0.286 e. The number of thioether (sulfide) groups is 1. The standard InChI is InChI=1S/C24H28N2O4S/c1-24(2,3)16-7-10-20-19(12-16)26(4)13-18(30-20)14-29-17-8-5-15(6-9-17)11-21-22(27)25-23(28)31-21/h5-10,12,18,21H,11,13-14H2,1-4H3,(H,25,27,28). The molecule has 6 nitrogen and oxygen atoms in total. The van der Waals surface area contributed by atoms with Gasteiger partial charge in [0.05, 0.1) is 17.5 Å². The SMILES string of the molecule is CN1CC(COc2ccc(CC3SC(=O)NC3=O)cc2)Oc2ccc(C(C)(C)C)cc21. The molecule has 2 unspecified atom stereocenters. The summed E-state index contributed by atoms with van der Waals surface area (Å²) >= 11 is 1.05. The molecule has 7 heteroatoms. The Morgan fingerprint density at radius 3 is 2.55 bits per heavy atom. The number of anilines is 1. The molecule has 164 valence electrons. The zero-order valence-electron chi connectivity index (χ0n) is 18.3. The number of imide groups is 1. The Morgan fingerprint density at radius 1 is 1.16 bits per heavy atom. The van der Waals surface area contributed by atoms with E-state index in [4.69, 9.17) is 9.47 Å². The molecule has 2 aromatic carbocycles. The van der Waals surface area contributed by atoms with Crippen molar-refractivity contribution >= 4 is 28.6 Å². The number of carbonyl (C=O) groups is 2. The highest BCUT2D eigenvalue weighted by Crippen LogP contribution is 2.36. The average molecular weight is 441 g/mol. The second-order valence-corrected chi connectivity index (χ2v) is 10.3. The van der Waals surface area contributed by atoms with Crippen molar-refractivity contribution < 1.29 is 19.1 Å². The van der Waals surface area contributed by atoms with E-state index in [0.717, 1.165) is 41.1 Å². The number of nitrogens with zero attached hydrogens (tertiary/aromatic N) is 1. The van der Waals surface area contributed by atoms with Crippen molar-refractivity contribution in [1.29, 1.82) is 0 Å². The summed E-state index contributed by atoms with van der Waals surface area (Å²) in [6.45, 7) is 7.82. The van der Waals surface area contributed by atoms with Crippen molar-refractivity contribution in [3.63, 3.8) is 0 Å². The van der Waals surface area contributed by atoms with Crippen LogP contribution in [0.4, 0.5) is 10.5 Å². The first kappa shape index (κ1) is 21.6. The Balaban J connectivity index is 1.34. The molecule has 2 aromatic rings. The van der Waals surface area contributed by atoms with Gasteiger partial charge in [-0.15, -0.1) is 0 Å². The highest BCUT2D eigenvalue weighted by molar-refractivity contribution is 8.15. The summed E-state index contributed by atoms with van der Waals surface area (Å²) in [5.41, 5.74) is 3.49. The maximum Gasteiger partial charge on any atom is 0.286 e. The Labute approximate surface area is 187 Å². The van der Waals surface area contributed by atoms with Crippen LogP contribution in [0, 0.1) is 0 Å². The fourth-order valence-electron chi connectivity index (χ4n) is 3.74. The van der Waals surface area contributed by atoms with Gasteiger partial charge >= 0.3 is 0 Å². The summed E-state index contributed by atoms with van der Waals surface area (Å²) in [4.78, 5) is 25.2.